The zero-order valence-corrected chi connectivity index (χ0v) is 7.16. The van der Waals surface area contributed by atoms with Crippen molar-refractivity contribution in [1.29, 1.82) is 0 Å². The predicted octanol–water partition coefficient (Wildman–Crippen LogP) is 0.116. The first kappa shape index (κ1) is 11.0. The van der Waals surface area contributed by atoms with E-state index < -0.39 is 20.5 Å². The van der Waals surface area contributed by atoms with Crippen molar-refractivity contribution in [2.24, 2.45) is 0 Å². The minimum absolute atomic E-state index is 0.703. The van der Waals surface area contributed by atoms with Gasteiger partial charge < -0.3 is 19.2 Å². The fourth-order valence-corrected chi connectivity index (χ4v) is 1.96. The fraction of sp³-hybridized carbons (Fsp3) is 0.500. The number of rotatable bonds is 3. The molecule has 0 aromatic carbocycles. The van der Waals surface area contributed by atoms with Crippen LogP contribution in [-0.2, 0) is 13.7 Å². The van der Waals surface area contributed by atoms with E-state index in [1.807, 2.05) is 0 Å². The SMILES string of the molecule is COP(=O)(O)C(=O)P(=O)(O)O. The van der Waals surface area contributed by atoms with Crippen molar-refractivity contribution in [3.8, 4) is 0 Å². The van der Waals surface area contributed by atoms with Crippen LogP contribution in [0.25, 0.3) is 0 Å². The molecule has 3 N–H and O–H groups in total. The largest absolute Gasteiger partial charge is 0.406 e. The lowest BCUT2D eigenvalue weighted by molar-refractivity contribution is 0.250. The van der Waals surface area contributed by atoms with E-state index >= 15 is 0 Å². The molecule has 0 radical (unpaired) electrons. The summed E-state index contributed by atoms with van der Waals surface area (Å²) < 4.78 is 24.2. The van der Waals surface area contributed by atoms with Gasteiger partial charge in [0.05, 0.1) is 0 Å². The molecule has 0 aromatic rings. The molecule has 0 aliphatic heterocycles. The van der Waals surface area contributed by atoms with Crippen molar-refractivity contribution in [1.82, 2.24) is 0 Å². The lowest BCUT2D eigenvalue weighted by atomic mass is 11.8. The van der Waals surface area contributed by atoms with E-state index in [4.69, 9.17) is 14.7 Å². The highest BCUT2D eigenvalue weighted by atomic mass is 31.2. The quantitative estimate of drug-likeness (QED) is 0.557. The van der Waals surface area contributed by atoms with Crippen LogP contribution in [0, 0.1) is 0 Å². The van der Waals surface area contributed by atoms with Gasteiger partial charge in [0.15, 0.2) is 0 Å². The molecule has 0 rings (SSSR count). The highest BCUT2D eigenvalue weighted by Gasteiger charge is 2.43. The second-order valence-electron chi connectivity index (χ2n) is 1.53. The van der Waals surface area contributed by atoms with Crippen molar-refractivity contribution in [2.75, 3.05) is 7.11 Å². The van der Waals surface area contributed by atoms with Crippen LogP contribution in [0.15, 0.2) is 0 Å². The summed E-state index contributed by atoms with van der Waals surface area (Å²) in [6.45, 7) is 0. The van der Waals surface area contributed by atoms with Crippen molar-refractivity contribution >= 4 is 20.5 Å². The van der Waals surface area contributed by atoms with E-state index in [-0.39, 0.29) is 0 Å². The Bertz CT molecular complexity index is 249. The minimum atomic E-state index is -5.17. The summed E-state index contributed by atoms with van der Waals surface area (Å²) >= 11 is 0. The van der Waals surface area contributed by atoms with E-state index in [9.17, 15) is 13.9 Å². The molecule has 0 fully saturated rings. The van der Waals surface area contributed by atoms with Gasteiger partial charge in [0, 0.05) is 7.11 Å². The van der Waals surface area contributed by atoms with Crippen molar-refractivity contribution in [3.05, 3.63) is 0 Å². The van der Waals surface area contributed by atoms with Crippen LogP contribution in [-0.4, -0.2) is 27.1 Å². The van der Waals surface area contributed by atoms with Crippen molar-refractivity contribution in [2.45, 2.75) is 0 Å². The molecule has 66 valence electrons. The molecule has 0 spiro atoms. The topological polar surface area (TPSA) is 121 Å². The Morgan fingerprint density at radius 1 is 1.27 bits per heavy atom. The van der Waals surface area contributed by atoms with Gasteiger partial charge in [-0.3, -0.25) is 13.9 Å². The number of hydrogen-bond acceptors (Lipinski definition) is 4. The summed E-state index contributed by atoms with van der Waals surface area (Å²) in [6.07, 6.45) is 0. The van der Waals surface area contributed by atoms with Gasteiger partial charge in [-0.2, -0.15) is 0 Å². The van der Waals surface area contributed by atoms with Crippen LogP contribution in [0.1, 0.15) is 0 Å². The van der Waals surface area contributed by atoms with E-state index in [1.54, 1.807) is 0 Å². The Morgan fingerprint density at radius 2 is 1.64 bits per heavy atom. The van der Waals surface area contributed by atoms with Gasteiger partial charge in [-0.25, -0.2) is 0 Å². The normalized spacial score (nSPS) is 17.5. The standard InChI is InChI=1S/C2H6O7P2/c1-9-11(7,8)2(3)10(4,5)6/h1H3,(H,7,8)(H2,4,5,6). The summed E-state index contributed by atoms with van der Waals surface area (Å²) in [5.41, 5.74) is 0. The molecule has 1 atom stereocenters. The molecule has 0 heterocycles. The smallest absolute Gasteiger partial charge is 0.319 e. The zero-order valence-electron chi connectivity index (χ0n) is 5.37. The lowest BCUT2D eigenvalue weighted by Crippen LogP contribution is -1.99. The average molecular weight is 204 g/mol. The first-order chi connectivity index (χ1) is 4.72. The third kappa shape index (κ3) is 2.83. The summed E-state index contributed by atoms with van der Waals surface area (Å²) in [5, 5.41) is -2.09. The molecule has 0 bridgehead atoms. The summed E-state index contributed by atoms with van der Waals surface area (Å²) in [6, 6.07) is 0. The molecule has 1 unspecified atom stereocenters. The zero-order chi connectivity index (χ0) is 9.28. The highest BCUT2D eigenvalue weighted by Crippen LogP contribution is 2.57. The molecule has 11 heavy (non-hydrogen) atoms. The lowest BCUT2D eigenvalue weighted by Gasteiger charge is -2.06. The molecule has 0 aliphatic carbocycles. The molecule has 0 saturated carbocycles. The molecular weight excluding hydrogens is 198 g/mol. The van der Waals surface area contributed by atoms with Gasteiger partial charge >= 0.3 is 20.5 Å². The van der Waals surface area contributed by atoms with Crippen LogP contribution in [0.3, 0.4) is 0 Å². The Hall–Kier alpha value is -0.0300. The summed E-state index contributed by atoms with van der Waals surface area (Å²) in [5.74, 6) is 0. The van der Waals surface area contributed by atoms with E-state index in [2.05, 4.69) is 4.52 Å². The molecule has 7 nitrogen and oxygen atoms in total. The second kappa shape index (κ2) is 3.15. The van der Waals surface area contributed by atoms with E-state index in [0.717, 1.165) is 0 Å². The Kier molecular flexibility index (Phi) is 3.14. The number of hydrogen-bond donors (Lipinski definition) is 3. The monoisotopic (exact) mass is 204 g/mol. The molecule has 0 saturated heterocycles. The Morgan fingerprint density at radius 3 is 1.73 bits per heavy atom. The molecule has 0 aliphatic rings. The number of carbonyl (C=O) groups is 1. The Labute approximate surface area is 61.7 Å². The van der Waals surface area contributed by atoms with Crippen LogP contribution >= 0.6 is 15.2 Å². The average Bonchev–Trinajstić information content (AvgIpc) is 1.84. The summed E-state index contributed by atoms with van der Waals surface area (Å²) in [7, 11) is -9.26. The van der Waals surface area contributed by atoms with E-state index in [0.29, 0.717) is 7.11 Å². The third-order valence-corrected chi connectivity index (χ3v) is 3.75. The van der Waals surface area contributed by atoms with Crippen LogP contribution in [0.4, 0.5) is 4.79 Å². The van der Waals surface area contributed by atoms with Crippen molar-refractivity contribution < 1.29 is 33.1 Å². The van der Waals surface area contributed by atoms with Gasteiger partial charge in [-0.05, 0) is 0 Å². The van der Waals surface area contributed by atoms with Gasteiger partial charge in [-0.15, -0.1) is 0 Å². The first-order valence-corrected chi connectivity index (χ1v) is 5.40. The van der Waals surface area contributed by atoms with Crippen molar-refractivity contribution in [3.63, 3.8) is 0 Å². The first-order valence-electron chi connectivity index (χ1n) is 2.21. The third-order valence-electron chi connectivity index (χ3n) is 0.738. The predicted molar refractivity (Wildman–Crippen MR) is 34.3 cm³/mol. The fourth-order valence-electron chi connectivity index (χ4n) is 0.243. The van der Waals surface area contributed by atoms with Gasteiger partial charge in [-0.1, -0.05) is 0 Å². The second-order valence-corrected chi connectivity index (χ2v) is 5.19. The van der Waals surface area contributed by atoms with Crippen LogP contribution in [0.5, 0.6) is 0 Å². The maximum atomic E-state index is 10.4. The van der Waals surface area contributed by atoms with Gasteiger partial charge in [0.1, 0.15) is 0 Å². The molecular formula is C2H6O7P2. The maximum Gasteiger partial charge on any atom is 0.406 e. The van der Waals surface area contributed by atoms with Crippen LogP contribution in [0.2, 0.25) is 0 Å². The molecule has 0 aromatic heterocycles. The minimum Gasteiger partial charge on any atom is -0.319 e. The molecule has 0 amide bonds. The number of carbonyl (C=O) groups excluding carboxylic acids is 1. The van der Waals surface area contributed by atoms with Crippen LogP contribution < -0.4 is 0 Å². The van der Waals surface area contributed by atoms with Gasteiger partial charge in [0.25, 0.3) is 0 Å². The van der Waals surface area contributed by atoms with Gasteiger partial charge in [0.2, 0.25) is 0 Å². The molecule has 9 heteroatoms. The van der Waals surface area contributed by atoms with E-state index in [1.165, 1.54) is 0 Å². The Balaban J connectivity index is 4.80. The maximum absolute atomic E-state index is 10.4. The summed E-state index contributed by atoms with van der Waals surface area (Å²) in [4.78, 5) is 34.9. The highest BCUT2D eigenvalue weighted by molar-refractivity contribution is 7.97.